The van der Waals surface area contributed by atoms with Gasteiger partial charge in [-0.2, -0.15) is 0 Å². The third-order valence-corrected chi connectivity index (χ3v) is 4.46. The van der Waals surface area contributed by atoms with Crippen LogP contribution in [0.15, 0.2) is 30.3 Å². The third-order valence-electron chi connectivity index (χ3n) is 3.24. The van der Waals surface area contributed by atoms with Crippen LogP contribution in [0.1, 0.15) is 28.4 Å². The quantitative estimate of drug-likeness (QED) is 0.757. The molecule has 0 aliphatic rings. The maximum Gasteiger partial charge on any atom is 0.125 e. The van der Waals surface area contributed by atoms with Crippen molar-refractivity contribution >= 4 is 34.2 Å². The van der Waals surface area contributed by atoms with Gasteiger partial charge in [0.1, 0.15) is 11.9 Å². The Kier molecular flexibility index (Phi) is 4.94. The summed E-state index contributed by atoms with van der Waals surface area (Å²) in [5.74, 6) is 0.700. The fraction of sp³-hybridized carbons (Fsp3) is 0.250. The summed E-state index contributed by atoms with van der Waals surface area (Å²) in [6.45, 7) is 3.99. The van der Waals surface area contributed by atoms with Crippen molar-refractivity contribution in [3.05, 3.63) is 61.2 Å². The van der Waals surface area contributed by atoms with Gasteiger partial charge in [-0.3, -0.25) is 0 Å². The molecule has 20 heavy (non-hydrogen) atoms. The summed E-state index contributed by atoms with van der Waals surface area (Å²) in [5, 5.41) is 11.4. The average molecular weight is 403 g/mol. The zero-order chi connectivity index (χ0) is 14.9. The highest BCUT2D eigenvalue weighted by Gasteiger charge is 2.20. The minimum Gasteiger partial charge on any atom is -0.496 e. The van der Waals surface area contributed by atoms with Crippen molar-refractivity contribution in [2.75, 3.05) is 7.11 Å². The maximum atomic E-state index is 10.7. The molecule has 0 radical (unpaired) electrons. The molecule has 1 unspecified atom stereocenters. The van der Waals surface area contributed by atoms with Crippen molar-refractivity contribution in [2.24, 2.45) is 0 Å². The number of halogens is 2. The van der Waals surface area contributed by atoms with Crippen LogP contribution in [0.25, 0.3) is 0 Å². The van der Waals surface area contributed by atoms with Crippen LogP contribution in [0.5, 0.6) is 5.75 Å². The van der Waals surface area contributed by atoms with Crippen molar-refractivity contribution < 1.29 is 9.84 Å². The van der Waals surface area contributed by atoms with Gasteiger partial charge in [0.2, 0.25) is 0 Å². The Morgan fingerprint density at radius 2 is 1.90 bits per heavy atom. The highest BCUT2D eigenvalue weighted by atomic mass is 127. The minimum atomic E-state index is -0.754. The lowest BCUT2D eigenvalue weighted by Gasteiger charge is -2.20. The number of aliphatic hydroxyl groups is 1. The van der Waals surface area contributed by atoms with Crippen LogP contribution >= 0.6 is 34.2 Å². The summed E-state index contributed by atoms with van der Waals surface area (Å²) in [7, 11) is 1.62. The molecule has 4 heteroatoms. The van der Waals surface area contributed by atoms with Crippen LogP contribution in [0.2, 0.25) is 5.02 Å². The molecule has 106 valence electrons. The first kappa shape index (κ1) is 15.6. The van der Waals surface area contributed by atoms with E-state index in [1.807, 2.05) is 38.1 Å². The summed E-state index contributed by atoms with van der Waals surface area (Å²) < 4.78 is 6.40. The van der Waals surface area contributed by atoms with Gasteiger partial charge in [-0.25, -0.2) is 0 Å². The monoisotopic (exact) mass is 402 g/mol. The van der Waals surface area contributed by atoms with Gasteiger partial charge in [-0.05, 0) is 77.4 Å². The summed E-state index contributed by atoms with van der Waals surface area (Å²) in [6.07, 6.45) is -0.754. The molecule has 0 fully saturated rings. The molecule has 0 spiro atoms. The highest BCUT2D eigenvalue weighted by molar-refractivity contribution is 14.1. The second-order valence-corrected chi connectivity index (χ2v) is 6.36. The van der Waals surface area contributed by atoms with Crippen LogP contribution in [0.3, 0.4) is 0 Å². The number of methoxy groups -OCH3 is 1. The smallest absolute Gasteiger partial charge is 0.125 e. The molecule has 0 aromatic heterocycles. The van der Waals surface area contributed by atoms with Gasteiger partial charge < -0.3 is 9.84 Å². The Hall–Kier alpha value is -0.780. The van der Waals surface area contributed by atoms with Gasteiger partial charge in [0.25, 0.3) is 0 Å². The number of hydrogen-bond acceptors (Lipinski definition) is 2. The van der Waals surface area contributed by atoms with E-state index in [2.05, 4.69) is 22.6 Å². The summed E-state index contributed by atoms with van der Waals surface area (Å²) >= 11 is 8.24. The molecule has 2 aromatic rings. The van der Waals surface area contributed by atoms with E-state index in [1.165, 1.54) is 0 Å². The van der Waals surface area contributed by atoms with Gasteiger partial charge in [0.15, 0.2) is 0 Å². The molecule has 1 N–H and O–H groups in total. The number of aryl methyl sites for hydroxylation is 2. The Balaban J connectivity index is 2.58. The van der Waals surface area contributed by atoms with Crippen LogP contribution in [0.4, 0.5) is 0 Å². The van der Waals surface area contributed by atoms with E-state index < -0.39 is 6.10 Å². The highest BCUT2D eigenvalue weighted by Crippen LogP contribution is 2.36. The second-order valence-electron chi connectivity index (χ2n) is 4.77. The first-order chi connectivity index (χ1) is 9.43. The summed E-state index contributed by atoms with van der Waals surface area (Å²) in [6, 6.07) is 9.49. The molecule has 0 bridgehead atoms. The Labute approximate surface area is 137 Å². The van der Waals surface area contributed by atoms with Gasteiger partial charge in [-0.1, -0.05) is 17.7 Å². The van der Waals surface area contributed by atoms with E-state index in [0.29, 0.717) is 10.8 Å². The van der Waals surface area contributed by atoms with Gasteiger partial charge >= 0.3 is 0 Å². The number of ether oxygens (including phenoxy) is 1. The van der Waals surface area contributed by atoms with E-state index in [-0.39, 0.29) is 0 Å². The van der Waals surface area contributed by atoms with Gasteiger partial charge in [0, 0.05) is 14.2 Å². The molecule has 0 aliphatic carbocycles. The van der Waals surface area contributed by atoms with Crippen molar-refractivity contribution in [1.82, 2.24) is 0 Å². The van der Waals surface area contributed by atoms with Gasteiger partial charge in [-0.15, -0.1) is 0 Å². The Morgan fingerprint density at radius 3 is 2.55 bits per heavy atom. The fourth-order valence-electron chi connectivity index (χ4n) is 2.34. The molecule has 0 saturated carbocycles. The van der Waals surface area contributed by atoms with E-state index >= 15 is 0 Å². The van der Waals surface area contributed by atoms with Crippen molar-refractivity contribution in [1.29, 1.82) is 0 Å². The first-order valence-corrected chi connectivity index (χ1v) is 7.68. The summed E-state index contributed by atoms with van der Waals surface area (Å²) in [4.78, 5) is 0. The summed E-state index contributed by atoms with van der Waals surface area (Å²) in [5.41, 5.74) is 3.70. The number of hydrogen-bond donors (Lipinski definition) is 1. The molecule has 2 rings (SSSR count). The van der Waals surface area contributed by atoms with Crippen molar-refractivity contribution in [3.8, 4) is 5.75 Å². The van der Waals surface area contributed by atoms with Crippen LogP contribution < -0.4 is 4.74 Å². The number of aliphatic hydroxyl groups excluding tert-OH is 1. The molecule has 1 atom stereocenters. The lowest BCUT2D eigenvalue weighted by atomic mass is 9.95. The largest absolute Gasteiger partial charge is 0.496 e. The van der Waals surface area contributed by atoms with Crippen LogP contribution in [-0.2, 0) is 0 Å². The zero-order valence-corrected chi connectivity index (χ0v) is 14.5. The maximum absolute atomic E-state index is 10.7. The lowest BCUT2D eigenvalue weighted by Crippen LogP contribution is -2.07. The average Bonchev–Trinajstić information content (AvgIpc) is 2.40. The second kappa shape index (κ2) is 6.33. The van der Waals surface area contributed by atoms with E-state index in [1.54, 1.807) is 13.2 Å². The molecule has 0 amide bonds. The van der Waals surface area contributed by atoms with E-state index in [0.717, 1.165) is 25.8 Å². The van der Waals surface area contributed by atoms with Crippen molar-refractivity contribution in [3.63, 3.8) is 0 Å². The third kappa shape index (κ3) is 3.10. The van der Waals surface area contributed by atoms with E-state index in [4.69, 9.17) is 16.3 Å². The SMILES string of the molecule is COc1cc(C)cc(C)c1C(O)c1cc(Cl)ccc1I. The number of rotatable bonds is 3. The van der Waals surface area contributed by atoms with E-state index in [9.17, 15) is 5.11 Å². The molecular weight excluding hydrogens is 387 g/mol. The first-order valence-electron chi connectivity index (χ1n) is 6.22. The standard InChI is InChI=1S/C16H16ClIO2/c1-9-6-10(2)15(14(7-9)20-3)16(19)12-8-11(17)4-5-13(12)18/h4-8,16,19H,1-3H3. The van der Waals surface area contributed by atoms with Gasteiger partial charge in [0.05, 0.1) is 7.11 Å². The molecule has 0 aliphatic heterocycles. The molecule has 2 nitrogen and oxygen atoms in total. The topological polar surface area (TPSA) is 29.5 Å². The fourth-order valence-corrected chi connectivity index (χ4v) is 3.15. The van der Waals surface area contributed by atoms with Crippen LogP contribution in [-0.4, -0.2) is 12.2 Å². The minimum absolute atomic E-state index is 0.614. The normalized spacial score (nSPS) is 12.3. The van der Waals surface area contributed by atoms with Crippen molar-refractivity contribution in [2.45, 2.75) is 20.0 Å². The molecule has 0 heterocycles. The predicted molar refractivity (Wildman–Crippen MR) is 90.7 cm³/mol. The lowest BCUT2D eigenvalue weighted by molar-refractivity contribution is 0.213. The van der Waals surface area contributed by atoms with Crippen LogP contribution in [0, 0.1) is 17.4 Å². The molecule has 2 aromatic carbocycles. The predicted octanol–water partition coefficient (Wildman–Crippen LogP) is 4.65. The number of benzene rings is 2. The Morgan fingerprint density at radius 1 is 1.20 bits per heavy atom. The molecular formula is C16H16ClIO2. The molecule has 0 saturated heterocycles. The zero-order valence-electron chi connectivity index (χ0n) is 11.6. The Bertz CT molecular complexity index is 641.